The Morgan fingerprint density at radius 3 is 1.84 bits per heavy atom. The van der Waals surface area contributed by atoms with Gasteiger partial charge in [-0.25, -0.2) is 8.42 Å². The van der Waals surface area contributed by atoms with Crippen LogP contribution in [0.5, 0.6) is 0 Å². The van der Waals surface area contributed by atoms with E-state index in [2.05, 4.69) is 19.9 Å². The van der Waals surface area contributed by atoms with Gasteiger partial charge in [0.1, 0.15) is 10.1 Å². The van der Waals surface area contributed by atoms with Gasteiger partial charge >= 0.3 is 29.6 Å². The van der Waals surface area contributed by atoms with Crippen LogP contribution >= 0.6 is 0 Å². The van der Waals surface area contributed by atoms with Crippen LogP contribution in [0.25, 0.3) is 10.8 Å². The summed E-state index contributed by atoms with van der Waals surface area (Å²) in [7, 11) is -4.50. The van der Waals surface area contributed by atoms with Gasteiger partial charge in [-0.05, 0) is 47.6 Å². The molecule has 0 aromatic heterocycles. The van der Waals surface area contributed by atoms with Crippen molar-refractivity contribution in [3.8, 4) is 0 Å². The first kappa shape index (κ1) is 28.6. The van der Waals surface area contributed by atoms with E-state index in [1.165, 1.54) is 63.4 Å². The van der Waals surface area contributed by atoms with E-state index in [1.807, 2.05) is 24.3 Å². The minimum Gasteiger partial charge on any atom is -0.744 e. The molecule has 0 bridgehead atoms. The summed E-state index contributed by atoms with van der Waals surface area (Å²) in [4.78, 5) is -0.000302. The molecule has 0 saturated heterocycles. The Hall–Kier alpha value is -0.390. The number of hydrogen-bond donors (Lipinski definition) is 0. The smallest absolute Gasteiger partial charge is 0.744 e. The second-order valence-corrected chi connectivity index (χ2v) is 9.92. The molecule has 0 heterocycles. The summed E-state index contributed by atoms with van der Waals surface area (Å²) in [6.45, 7) is 4.42. The minimum absolute atomic E-state index is 0. The van der Waals surface area contributed by atoms with Gasteiger partial charge in [0.2, 0.25) is 0 Å². The average Bonchev–Trinajstić information content (AvgIpc) is 2.72. The van der Waals surface area contributed by atoms with Crippen LogP contribution in [0.15, 0.2) is 35.2 Å². The van der Waals surface area contributed by atoms with Crippen LogP contribution in [0.4, 0.5) is 0 Å². The van der Waals surface area contributed by atoms with Gasteiger partial charge in [-0.3, -0.25) is 0 Å². The number of rotatable bonds is 15. The molecule has 0 aliphatic rings. The Balaban J connectivity index is 0.00000480. The first-order chi connectivity index (χ1) is 14.5. The summed E-state index contributed by atoms with van der Waals surface area (Å²) < 4.78 is 36.2. The van der Waals surface area contributed by atoms with Crippen LogP contribution in [0.3, 0.4) is 0 Å². The van der Waals surface area contributed by atoms with Gasteiger partial charge in [-0.15, -0.1) is 0 Å². The number of hydrogen-bond acceptors (Lipinski definition) is 3. The van der Waals surface area contributed by atoms with E-state index in [-0.39, 0.29) is 34.5 Å². The van der Waals surface area contributed by atoms with Crippen molar-refractivity contribution in [3.63, 3.8) is 0 Å². The van der Waals surface area contributed by atoms with Gasteiger partial charge in [0.05, 0.1) is 4.90 Å². The predicted molar refractivity (Wildman–Crippen MR) is 126 cm³/mol. The van der Waals surface area contributed by atoms with E-state index in [4.69, 9.17) is 0 Å². The first-order valence-corrected chi connectivity index (χ1v) is 13.4. The fourth-order valence-corrected chi connectivity index (χ4v) is 5.20. The first-order valence-electron chi connectivity index (χ1n) is 12.0. The van der Waals surface area contributed by atoms with Crippen molar-refractivity contribution >= 4 is 20.9 Å². The van der Waals surface area contributed by atoms with Crippen LogP contribution in [-0.4, -0.2) is 13.0 Å². The summed E-state index contributed by atoms with van der Waals surface area (Å²) in [6, 6.07) is 9.74. The van der Waals surface area contributed by atoms with E-state index < -0.39 is 10.1 Å². The van der Waals surface area contributed by atoms with Crippen LogP contribution < -0.4 is 29.6 Å². The van der Waals surface area contributed by atoms with Crippen molar-refractivity contribution in [3.05, 3.63) is 41.5 Å². The molecule has 0 aliphatic heterocycles. The molecule has 0 radical (unpaired) electrons. The zero-order valence-corrected chi connectivity index (χ0v) is 22.7. The quantitative estimate of drug-likeness (QED) is 0.225. The Kier molecular flexibility index (Phi) is 14.3. The summed E-state index contributed by atoms with van der Waals surface area (Å²) in [5, 5.41) is 1.44. The van der Waals surface area contributed by atoms with Crippen molar-refractivity contribution in [2.45, 2.75) is 109 Å². The monoisotopic (exact) mass is 454 g/mol. The molecular formula is C26H39NaO3S. The molecule has 0 amide bonds. The second-order valence-electron chi connectivity index (χ2n) is 8.60. The molecule has 31 heavy (non-hydrogen) atoms. The van der Waals surface area contributed by atoms with Crippen molar-refractivity contribution in [2.24, 2.45) is 0 Å². The molecule has 0 saturated carbocycles. The Bertz CT molecular complexity index is 878. The molecule has 2 rings (SSSR count). The molecule has 168 valence electrons. The molecule has 0 N–H and O–H groups in total. The molecule has 0 atom stereocenters. The maximum absolute atomic E-state index is 12.1. The van der Waals surface area contributed by atoms with Crippen molar-refractivity contribution in [1.82, 2.24) is 0 Å². The van der Waals surface area contributed by atoms with E-state index in [1.54, 1.807) is 0 Å². The Morgan fingerprint density at radius 2 is 1.26 bits per heavy atom. The van der Waals surface area contributed by atoms with Crippen LogP contribution in [0, 0.1) is 0 Å². The molecule has 0 unspecified atom stereocenters. The minimum atomic E-state index is -4.50. The third-order valence-electron chi connectivity index (χ3n) is 5.99. The van der Waals surface area contributed by atoms with Gasteiger partial charge in [0.25, 0.3) is 0 Å². The van der Waals surface area contributed by atoms with E-state index in [0.717, 1.165) is 31.1 Å². The summed E-state index contributed by atoms with van der Waals surface area (Å²) in [5.41, 5.74) is 1.90. The molecule has 0 spiro atoms. The van der Waals surface area contributed by atoms with E-state index in [0.29, 0.717) is 17.4 Å². The van der Waals surface area contributed by atoms with Gasteiger partial charge in [-0.1, -0.05) is 108 Å². The number of fused-ring (bicyclic) bond motifs is 1. The average molecular weight is 455 g/mol. The van der Waals surface area contributed by atoms with E-state index >= 15 is 0 Å². The topological polar surface area (TPSA) is 57.2 Å². The molecule has 2 aromatic rings. The molecule has 0 fully saturated rings. The third-order valence-corrected chi connectivity index (χ3v) is 6.97. The van der Waals surface area contributed by atoms with Crippen LogP contribution in [0.2, 0.25) is 0 Å². The second kappa shape index (κ2) is 15.4. The van der Waals surface area contributed by atoms with Gasteiger partial charge < -0.3 is 4.55 Å². The van der Waals surface area contributed by atoms with Crippen LogP contribution in [-0.2, 0) is 23.0 Å². The maximum atomic E-state index is 12.1. The number of aryl methyl sites for hydroxylation is 2. The fraction of sp³-hybridized carbons (Fsp3) is 0.615. The summed E-state index contributed by atoms with van der Waals surface area (Å²) in [6.07, 6.45) is 16.0. The number of benzene rings is 2. The van der Waals surface area contributed by atoms with Gasteiger partial charge in [0, 0.05) is 0 Å². The third kappa shape index (κ3) is 9.96. The Labute approximate surface area is 212 Å². The predicted octanol–water partition coefficient (Wildman–Crippen LogP) is 4.55. The maximum Gasteiger partial charge on any atom is 1.00 e. The molecule has 3 nitrogen and oxygen atoms in total. The molecule has 2 aromatic carbocycles. The van der Waals surface area contributed by atoms with E-state index in [9.17, 15) is 13.0 Å². The molecular weight excluding hydrogens is 415 g/mol. The van der Waals surface area contributed by atoms with Gasteiger partial charge in [-0.2, -0.15) is 0 Å². The standard InChI is InChI=1S/C26H40O3S.Na/c1-3-5-7-9-11-13-15-22-17-20-25-24(21-22)19-18-23(26(25)30(27,28)29)16-14-12-10-8-6-4-2;/h17-21H,3-16H2,1-2H3,(H,27,28,29);/q;+1/p-1. The number of unbranched alkanes of at least 4 members (excludes halogenated alkanes) is 10. The van der Waals surface area contributed by atoms with Crippen LogP contribution in [0.1, 0.15) is 102 Å². The largest absolute Gasteiger partial charge is 1.00 e. The summed E-state index contributed by atoms with van der Waals surface area (Å²) >= 11 is 0. The SMILES string of the molecule is CCCCCCCCc1ccc2c(S(=O)(=O)[O-])c(CCCCCCCC)ccc2c1.[Na+]. The summed E-state index contributed by atoms with van der Waals surface area (Å²) in [5.74, 6) is 0. The zero-order valence-electron chi connectivity index (χ0n) is 19.9. The van der Waals surface area contributed by atoms with Gasteiger partial charge in [0.15, 0.2) is 0 Å². The molecule has 5 heteroatoms. The fourth-order valence-electron chi connectivity index (χ4n) is 4.25. The zero-order chi connectivity index (χ0) is 21.8. The molecule has 0 aliphatic carbocycles. The van der Waals surface area contributed by atoms with Crippen molar-refractivity contribution in [2.75, 3.05) is 0 Å². The van der Waals surface area contributed by atoms with Crippen molar-refractivity contribution < 1.29 is 42.5 Å². The Morgan fingerprint density at radius 1 is 0.710 bits per heavy atom. The van der Waals surface area contributed by atoms with Crippen molar-refractivity contribution in [1.29, 1.82) is 0 Å². The normalized spacial score (nSPS) is 11.6.